The van der Waals surface area contributed by atoms with Crippen LogP contribution < -0.4 is 4.74 Å². The number of pyridine rings is 1. The lowest BCUT2D eigenvalue weighted by atomic mass is 10.2. The van der Waals surface area contributed by atoms with Crippen molar-refractivity contribution < 1.29 is 19.4 Å². The maximum atomic E-state index is 12.1. The molecule has 1 aromatic heterocycles. The van der Waals surface area contributed by atoms with E-state index in [1.54, 1.807) is 12.1 Å². The monoisotopic (exact) mass is 250 g/mol. The van der Waals surface area contributed by atoms with E-state index < -0.39 is 5.97 Å². The highest BCUT2D eigenvalue weighted by Gasteiger charge is 2.34. The largest absolute Gasteiger partial charge is 0.481 e. The van der Waals surface area contributed by atoms with Crippen molar-refractivity contribution in [3.8, 4) is 5.88 Å². The van der Waals surface area contributed by atoms with Gasteiger partial charge >= 0.3 is 5.97 Å². The molecule has 0 spiro atoms. The smallest absolute Gasteiger partial charge is 0.323 e. The summed E-state index contributed by atoms with van der Waals surface area (Å²) in [5.41, 5.74) is 0.379. The highest BCUT2D eigenvalue weighted by atomic mass is 16.5. The Morgan fingerprint density at radius 1 is 1.50 bits per heavy atom. The van der Waals surface area contributed by atoms with Gasteiger partial charge in [0.2, 0.25) is 5.88 Å². The van der Waals surface area contributed by atoms with Gasteiger partial charge in [-0.05, 0) is 18.9 Å². The number of rotatable bonds is 5. The zero-order valence-electron chi connectivity index (χ0n) is 10.00. The highest BCUT2D eigenvalue weighted by molar-refractivity contribution is 5.96. The number of aliphatic carboxylic acids is 1. The first-order valence-electron chi connectivity index (χ1n) is 5.64. The van der Waals surface area contributed by atoms with Crippen LogP contribution in [0.3, 0.4) is 0 Å². The molecule has 1 amide bonds. The third-order valence-electron chi connectivity index (χ3n) is 2.75. The number of nitrogens with zero attached hydrogens (tertiary/aromatic N) is 2. The first kappa shape index (κ1) is 12.3. The number of amides is 1. The molecular formula is C12H14N2O4. The Labute approximate surface area is 104 Å². The lowest BCUT2D eigenvalue weighted by Crippen LogP contribution is -2.37. The molecule has 0 radical (unpaired) electrons. The standard InChI is InChI=1S/C12H14N2O4/c1-18-10-5-2-8(6-13-10)12(17)14(7-11(15)16)9-3-4-9/h2,5-6,9H,3-4,7H2,1H3,(H,15,16). The molecule has 0 aliphatic heterocycles. The second-order valence-corrected chi connectivity index (χ2v) is 4.15. The van der Waals surface area contributed by atoms with E-state index in [2.05, 4.69) is 4.98 Å². The zero-order chi connectivity index (χ0) is 13.1. The minimum atomic E-state index is -1.00. The summed E-state index contributed by atoms with van der Waals surface area (Å²) in [5, 5.41) is 8.81. The number of aromatic nitrogens is 1. The molecule has 1 aliphatic rings. The van der Waals surface area contributed by atoms with E-state index >= 15 is 0 Å². The van der Waals surface area contributed by atoms with Crippen LogP contribution in [-0.2, 0) is 4.79 Å². The van der Waals surface area contributed by atoms with Gasteiger partial charge in [0.1, 0.15) is 6.54 Å². The van der Waals surface area contributed by atoms with Crippen molar-refractivity contribution in [3.63, 3.8) is 0 Å². The van der Waals surface area contributed by atoms with Gasteiger partial charge in [0.15, 0.2) is 0 Å². The van der Waals surface area contributed by atoms with Crippen LogP contribution in [0.4, 0.5) is 0 Å². The quantitative estimate of drug-likeness (QED) is 0.835. The SMILES string of the molecule is COc1ccc(C(=O)N(CC(=O)O)C2CC2)cn1. The molecule has 1 saturated carbocycles. The van der Waals surface area contributed by atoms with Gasteiger partial charge in [-0.1, -0.05) is 0 Å². The van der Waals surface area contributed by atoms with Crippen molar-refractivity contribution in [2.24, 2.45) is 0 Å². The van der Waals surface area contributed by atoms with Crippen LogP contribution in [0.25, 0.3) is 0 Å². The summed E-state index contributed by atoms with van der Waals surface area (Å²) in [4.78, 5) is 28.2. The normalized spacial score (nSPS) is 14.1. The van der Waals surface area contributed by atoms with E-state index in [4.69, 9.17) is 9.84 Å². The van der Waals surface area contributed by atoms with E-state index in [0.717, 1.165) is 12.8 Å². The number of hydrogen-bond donors (Lipinski definition) is 1. The zero-order valence-corrected chi connectivity index (χ0v) is 10.00. The molecule has 0 atom stereocenters. The van der Waals surface area contributed by atoms with Crippen LogP contribution in [0.2, 0.25) is 0 Å². The van der Waals surface area contributed by atoms with Crippen LogP contribution in [0.5, 0.6) is 5.88 Å². The summed E-state index contributed by atoms with van der Waals surface area (Å²) in [6, 6.07) is 3.22. The van der Waals surface area contributed by atoms with Gasteiger partial charge in [0.25, 0.3) is 5.91 Å². The van der Waals surface area contributed by atoms with E-state index in [0.29, 0.717) is 11.4 Å². The van der Waals surface area contributed by atoms with Crippen LogP contribution >= 0.6 is 0 Å². The van der Waals surface area contributed by atoms with Crippen LogP contribution in [0, 0.1) is 0 Å². The number of carbonyl (C=O) groups excluding carboxylic acids is 1. The van der Waals surface area contributed by atoms with E-state index in [-0.39, 0.29) is 18.5 Å². The van der Waals surface area contributed by atoms with Gasteiger partial charge in [-0.25, -0.2) is 4.98 Å². The number of hydrogen-bond acceptors (Lipinski definition) is 4. The molecule has 0 bridgehead atoms. The van der Waals surface area contributed by atoms with Crippen molar-refractivity contribution in [3.05, 3.63) is 23.9 Å². The Morgan fingerprint density at radius 3 is 2.67 bits per heavy atom. The van der Waals surface area contributed by atoms with Gasteiger partial charge in [-0.2, -0.15) is 0 Å². The van der Waals surface area contributed by atoms with Gasteiger partial charge in [0, 0.05) is 18.3 Å². The maximum Gasteiger partial charge on any atom is 0.323 e. The summed E-state index contributed by atoms with van der Waals surface area (Å²) in [6.07, 6.45) is 3.13. The Bertz CT molecular complexity index is 454. The molecule has 96 valence electrons. The molecular weight excluding hydrogens is 236 g/mol. The van der Waals surface area contributed by atoms with Crippen molar-refractivity contribution in [1.82, 2.24) is 9.88 Å². The predicted molar refractivity (Wildman–Crippen MR) is 62.5 cm³/mol. The molecule has 0 aromatic carbocycles. The second kappa shape index (κ2) is 5.03. The molecule has 2 rings (SSSR count). The first-order chi connectivity index (χ1) is 8.61. The molecule has 1 aliphatic carbocycles. The first-order valence-corrected chi connectivity index (χ1v) is 5.64. The van der Waals surface area contributed by atoms with Crippen LogP contribution in [-0.4, -0.2) is 46.6 Å². The van der Waals surface area contributed by atoms with E-state index in [9.17, 15) is 9.59 Å². The predicted octanol–water partition coefficient (Wildman–Crippen LogP) is 0.779. The van der Waals surface area contributed by atoms with Crippen molar-refractivity contribution in [2.75, 3.05) is 13.7 Å². The Morgan fingerprint density at radius 2 is 2.22 bits per heavy atom. The number of carbonyl (C=O) groups is 2. The second-order valence-electron chi connectivity index (χ2n) is 4.15. The molecule has 0 saturated heterocycles. The molecule has 6 nitrogen and oxygen atoms in total. The Kier molecular flexibility index (Phi) is 3.45. The summed E-state index contributed by atoms with van der Waals surface area (Å²) in [6.45, 7) is -0.268. The van der Waals surface area contributed by atoms with Crippen molar-refractivity contribution in [1.29, 1.82) is 0 Å². The fourth-order valence-electron chi connectivity index (χ4n) is 1.69. The molecule has 18 heavy (non-hydrogen) atoms. The summed E-state index contributed by atoms with van der Waals surface area (Å²) in [7, 11) is 1.49. The summed E-state index contributed by atoms with van der Waals surface area (Å²) < 4.78 is 4.90. The Balaban J connectivity index is 2.13. The van der Waals surface area contributed by atoms with Gasteiger partial charge in [0.05, 0.1) is 12.7 Å². The molecule has 0 unspecified atom stereocenters. The average Bonchev–Trinajstić information content (AvgIpc) is 3.19. The minimum Gasteiger partial charge on any atom is -0.481 e. The van der Waals surface area contributed by atoms with Gasteiger partial charge in [-0.15, -0.1) is 0 Å². The average molecular weight is 250 g/mol. The topological polar surface area (TPSA) is 79.7 Å². The molecule has 1 fully saturated rings. The summed E-state index contributed by atoms with van der Waals surface area (Å²) in [5.74, 6) is -0.880. The highest BCUT2D eigenvalue weighted by Crippen LogP contribution is 2.28. The third-order valence-corrected chi connectivity index (χ3v) is 2.75. The van der Waals surface area contributed by atoms with Crippen LogP contribution in [0.15, 0.2) is 18.3 Å². The van der Waals surface area contributed by atoms with Gasteiger partial charge < -0.3 is 14.7 Å². The van der Waals surface area contributed by atoms with Crippen LogP contribution in [0.1, 0.15) is 23.2 Å². The number of methoxy groups -OCH3 is 1. The third kappa shape index (κ3) is 2.77. The van der Waals surface area contributed by atoms with E-state index in [1.807, 2.05) is 0 Å². The minimum absolute atomic E-state index is 0.0516. The lowest BCUT2D eigenvalue weighted by molar-refractivity contribution is -0.137. The number of carboxylic acid groups (broad SMARTS) is 1. The number of ether oxygens (including phenoxy) is 1. The van der Waals surface area contributed by atoms with Crippen molar-refractivity contribution in [2.45, 2.75) is 18.9 Å². The fourth-order valence-corrected chi connectivity index (χ4v) is 1.69. The van der Waals surface area contributed by atoms with Gasteiger partial charge in [-0.3, -0.25) is 9.59 Å². The van der Waals surface area contributed by atoms with Crippen molar-refractivity contribution >= 4 is 11.9 Å². The molecule has 1 aromatic rings. The number of carboxylic acids is 1. The molecule has 6 heteroatoms. The molecule has 1 heterocycles. The molecule has 1 N–H and O–H groups in total. The van der Waals surface area contributed by atoms with E-state index in [1.165, 1.54) is 18.2 Å². The Hall–Kier alpha value is -2.11. The fraction of sp³-hybridized carbons (Fsp3) is 0.417. The maximum absolute atomic E-state index is 12.1. The lowest BCUT2D eigenvalue weighted by Gasteiger charge is -2.20. The summed E-state index contributed by atoms with van der Waals surface area (Å²) >= 11 is 0.